The van der Waals surface area contributed by atoms with Gasteiger partial charge in [0.25, 0.3) is 0 Å². The highest BCUT2D eigenvalue weighted by atomic mass is 31.2. The monoisotopic (exact) mass is 148 g/mol. The minimum atomic E-state index is -1.72. The zero-order valence-electron chi connectivity index (χ0n) is 5.80. The first-order valence-electron chi connectivity index (χ1n) is 3.42. The van der Waals surface area contributed by atoms with E-state index in [9.17, 15) is 4.57 Å². The van der Waals surface area contributed by atoms with E-state index in [1.165, 1.54) is 0 Å². The zero-order chi connectivity index (χ0) is 6.74. The van der Waals surface area contributed by atoms with E-state index in [0.717, 1.165) is 18.5 Å². The van der Waals surface area contributed by atoms with Gasteiger partial charge in [0.15, 0.2) is 0 Å². The Morgan fingerprint density at radius 1 is 1.44 bits per heavy atom. The van der Waals surface area contributed by atoms with Gasteiger partial charge >= 0.3 is 0 Å². The van der Waals surface area contributed by atoms with E-state index in [1.807, 2.05) is 6.92 Å². The molecule has 0 aliphatic carbocycles. The average molecular weight is 148 g/mol. The van der Waals surface area contributed by atoms with Gasteiger partial charge in [0.2, 0.25) is 0 Å². The molecule has 3 heteroatoms. The largest absolute Gasteiger partial charge is 0.380 e. The summed E-state index contributed by atoms with van der Waals surface area (Å²) in [6.45, 7) is 3.43. The highest BCUT2D eigenvalue weighted by Crippen LogP contribution is 2.45. The summed E-state index contributed by atoms with van der Waals surface area (Å²) >= 11 is 0. The molecular weight excluding hydrogens is 135 g/mol. The van der Waals surface area contributed by atoms with Crippen LogP contribution in [0.25, 0.3) is 0 Å². The zero-order valence-corrected chi connectivity index (χ0v) is 6.69. The van der Waals surface area contributed by atoms with E-state index in [2.05, 4.69) is 0 Å². The van der Waals surface area contributed by atoms with Crippen molar-refractivity contribution in [3.63, 3.8) is 0 Å². The molecule has 2 nitrogen and oxygen atoms in total. The van der Waals surface area contributed by atoms with Crippen molar-refractivity contribution in [3.05, 3.63) is 0 Å². The van der Waals surface area contributed by atoms with Crippen LogP contribution in [0.5, 0.6) is 0 Å². The highest BCUT2D eigenvalue weighted by molar-refractivity contribution is 7.64. The molecule has 0 unspecified atom stereocenters. The lowest BCUT2D eigenvalue weighted by molar-refractivity contribution is 0.155. The molecule has 54 valence electrons. The van der Waals surface area contributed by atoms with E-state index in [0.29, 0.717) is 13.2 Å². The first kappa shape index (κ1) is 7.30. The van der Waals surface area contributed by atoms with Crippen molar-refractivity contribution in [1.82, 2.24) is 0 Å². The molecule has 0 amide bonds. The van der Waals surface area contributed by atoms with Crippen LogP contribution in [0.1, 0.15) is 6.92 Å². The lowest BCUT2D eigenvalue weighted by atomic mass is 10.8. The number of hydrogen-bond donors (Lipinski definition) is 0. The Labute approximate surface area is 56.0 Å². The third-order valence-corrected chi connectivity index (χ3v) is 5.01. The molecule has 0 aromatic rings. The van der Waals surface area contributed by atoms with E-state index in [-0.39, 0.29) is 0 Å². The third-order valence-electron chi connectivity index (χ3n) is 1.86. The minimum Gasteiger partial charge on any atom is -0.380 e. The van der Waals surface area contributed by atoms with Crippen LogP contribution in [0.2, 0.25) is 0 Å². The van der Waals surface area contributed by atoms with Gasteiger partial charge < -0.3 is 9.30 Å². The van der Waals surface area contributed by atoms with Crippen LogP contribution < -0.4 is 0 Å². The molecule has 1 rings (SSSR count). The molecule has 0 radical (unpaired) electrons. The van der Waals surface area contributed by atoms with Crippen molar-refractivity contribution < 1.29 is 9.30 Å². The maximum atomic E-state index is 11.5. The second kappa shape index (κ2) is 2.85. The van der Waals surface area contributed by atoms with Gasteiger partial charge in [-0.3, -0.25) is 0 Å². The lowest BCUT2D eigenvalue weighted by Gasteiger charge is -2.20. The lowest BCUT2D eigenvalue weighted by Crippen LogP contribution is -2.15. The topological polar surface area (TPSA) is 26.3 Å². The summed E-state index contributed by atoms with van der Waals surface area (Å²) in [6.07, 6.45) is 2.48. The summed E-state index contributed by atoms with van der Waals surface area (Å²) in [7, 11) is -1.72. The Morgan fingerprint density at radius 2 is 2.00 bits per heavy atom. The van der Waals surface area contributed by atoms with E-state index < -0.39 is 7.14 Å². The molecule has 9 heavy (non-hydrogen) atoms. The predicted octanol–water partition coefficient (Wildman–Crippen LogP) is 1.40. The molecule has 1 fully saturated rings. The molecule has 0 aromatic heterocycles. The van der Waals surface area contributed by atoms with E-state index >= 15 is 0 Å². The molecule has 1 aliphatic rings. The van der Waals surface area contributed by atoms with Crippen LogP contribution in [0.4, 0.5) is 0 Å². The molecule has 1 aliphatic heterocycles. The minimum absolute atomic E-state index is 0.713. The van der Waals surface area contributed by atoms with E-state index in [1.54, 1.807) is 0 Å². The molecule has 0 spiro atoms. The molecule has 0 saturated carbocycles. The normalized spacial score (nSPS) is 25.9. The first-order valence-corrected chi connectivity index (χ1v) is 5.68. The van der Waals surface area contributed by atoms with Crippen molar-refractivity contribution in [2.75, 3.05) is 31.7 Å². The number of hydrogen-bond acceptors (Lipinski definition) is 2. The Morgan fingerprint density at radius 3 is 2.33 bits per heavy atom. The summed E-state index contributed by atoms with van der Waals surface area (Å²) in [4.78, 5) is 0. The molecule has 0 aromatic carbocycles. The molecular formula is C6H13O2P. The standard InChI is InChI=1S/C6H13O2P/c1-2-9(7)5-3-8-4-6-9/h2-6H2,1H3. The van der Waals surface area contributed by atoms with Crippen molar-refractivity contribution in [2.24, 2.45) is 0 Å². The fourth-order valence-corrected chi connectivity index (χ4v) is 2.77. The summed E-state index contributed by atoms with van der Waals surface area (Å²) < 4.78 is 16.6. The van der Waals surface area contributed by atoms with Crippen LogP contribution in [0.3, 0.4) is 0 Å². The van der Waals surface area contributed by atoms with Crippen molar-refractivity contribution in [1.29, 1.82) is 0 Å². The first-order chi connectivity index (χ1) is 4.27. The van der Waals surface area contributed by atoms with Gasteiger partial charge in [0.05, 0.1) is 20.4 Å². The van der Waals surface area contributed by atoms with E-state index in [4.69, 9.17) is 4.74 Å². The Balaban J connectivity index is 2.47. The summed E-state index contributed by atoms with van der Waals surface area (Å²) in [5, 5.41) is 0. The Hall–Kier alpha value is 0.190. The second-order valence-corrected chi connectivity index (χ2v) is 6.08. The van der Waals surface area contributed by atoms with Crippen molar-refractivity contribution >= 4 is 7.14 Å². The maximum Gasteiger partial charge on any atom is 0.0919 e. The maximum absolute atomic E-state index is 11.5. The molecule has 0 atom stereocenters. The van der Waals surface area contributed by atoms with Crippen LogP contribution in [0, 0.1) is 0 Å². The molecule has 1 saturated heterocycles. The second-order valence-electron chi connectivity index (χ2n) is 2.43. The summed E-state index contributed by atoms with van der Waals surface area (Å²) in [6, 6.07) is 0. The number of ether oxygens (including phenoxy) is 1. The van der Waals surface area contributed by atoms with Crippen molar-refractivity contribution in [2.45, 2.75) is 6.92 Å². The molecule has 0 N–H and O–H groups in total. The van der Waals surface area contributed by atoms with Gasteiger partial charge in [-0.05, 0) is 6.16 Å². The summed E-state index contributed by atoms with van der Waals surface area (Å²) in [5.74, 6) is 0. The third kappa shape index (κ3) is 1.80. The summed E-state index contributed by atoms with van der Waals surface area (Å²) in [5.41, 5.74) is 0. The Bertz CT molecular complexity index is 123. The van der Waals surface area contributed by atoms with Gasteiger partial charge in [-0.1, -0.05) is 6.92 Å². The quantitative estimate of drug-likeness (QED) is 0.525. The molecule has 1 heterocycles. The Kier molecular flexibility index (Phi) is 2.31. The van der Waals surface area contributed by atoms with Gasteiger partial charge in [0, 0.05) is 12.3 Å². The van der Waals surface area contributed by atoms with Gasteiger partial charge in [-0.2, -0.15) is 0 Å². The van der Waals surface area contributed by atoms with Crippen LogP contribution >= 0.6 is 7.14 Å². The van der Waals surface area contributed by atoms with Crippen LogP contribution in [-0.2, 0) is 9.30 Å². The highest BCUT2D eigenvalue weighted by Gasteiger charge is 2.22. The SMILES string of the molecule is CCP1(=O)CCOCC1. The fourth-order valence-electron chi connectivity index (χ4n) is 0.992. The fraction of sp³-hybridized carbons (Fsp3) is 1.00. The number of rotatable bonds is 1. The smallest absolute Gasteiger partial charge is 0.0919 e. The van der Waals surface area contributed by atoms with Gasteiger partial charge in [0.1, 0.15) is 0 Å². The van der Waals surface area contributed by atoms with Gasteiger partial charge in [-0.25, -0.2) is 0 Å². The van der Waals surface area contributed by atoms with Crippen molar-refractivity contribution in [3.8, 4) is 0 Å². The predicted molar refractivity (Wildman–Crippen MR) is 38.7 cm³/mol. The van der Waals surface area contributed by atoms with Gasteiger partial charge in [-0.15, -0.1) is 0 Å². The van der Waals surface area contributed by atoms with Crippen LogP contribution in [0.15, 0.2) is 0 Å². The average Bonchev–Trinajstić information content (AvgIpc) is 1.90. The molecule has 0 bridgehead atoms. The van der Waals surface area contributed by atoms with Crippen LogP contribution in [-0.4, -0.2) is 31.7 Å².